The molecule has 0 saturated carbocycles. The standard InChI is InChI=1S/C35H38Cl2N8O4.HNO3/c1-3-25(2)45-34(46)44(24-40-45)29-7-5-27(6-8-29)41-14-16-42(17-15-41)28-9-11-30(12-10-28)47-19-31-20-48-35(49-31,21-43-23-38-22-39-43)32-13-4-26(36)18-33(32)37;2-1(3)4/h4-13,18,22-25,31H,3,14-17,19-21H2,1-2H3;(H,2,3,4)/t25?,31-,35-;/m0./s1. The van der Waals surface area contributed by atoms with Crippen molar-refractivity contribution in [3.63, 3.8) is 0 Å². The van der Waals surface area contributed by atoms with E-state index in [4.69, 9.17) is 52.7 Å². The molecule has 3 aromatic carbocycles. The summed E-state index contributed by atoms with van der Waals surface area (Å²) in [6.45, 7) is 8.48. The summed E-state index contributed by atoms with van der Waals surface area (Å²) in [5.41, 5.74) is 3.64. The Kier molecular flexibility index (Phi) is 11.8. The summed E-state index contributed by atoms with van der Waals surface area (Å²) in [6.07, 6.45) is 5.19. The molecule has 0 radical (unpaired) electrons. The fourth-order valence-corrected chi connectivity index (χ4v) is 6.79. The van der Waals surface area contributed by atoms with Crippen LogP contribution in [-0.2, 0) is 21.8 Å². The van der Waals surface area contributed by atoms with Crippen LogP contribution in [-0.4, -0.2) is 84.9 Å². The summed E-state index contributed by atoms with van der Waals surface area (Å²) in [7, 11) is 0. The van der Waals surface area contributed by atoms with Crippen molar-refractivity contribution in [3.05, 3.63) is 122 Å². The zero-order chi connectivity index (χ0) is 37.5. The van der Waals surface area contributed by atoms with Crippen molar-refractivity contribution < 1.29 is 24.5 Å². The summed E-state index contributed by atoms with van der Waals surface area (Å²) >= 11 is 12.7. The summed E-state index contributed by atoms with van der Waals surface area (Å²) < 4.78 is 23.7. The number of anilines is 2. The van der Waals surface area contributed by atoms with E-state index in [1.807, 2.05) is 44.2 Å². The number of hydrogen-bond acceptors (Lipinski definition) is 11. The Bertz CT molecular complexity index is 2010. The summed E-state index contributed by atoms with van der Waals surface area (Å²) in [4.78, 5) is 30.0. The first-order chi connectivity index (χ1) is 25.5. The highest BCUT2D eigenvalue weighted by Gasteiger charge is 2.45. The van der Waals surface area contributed by atoms with Crippen LogP contribution in [0.2, 0.25) is 10.0 Å². The van der Waals surface area contributed by atoms with Gasteiger partial charge in [-0.15, -0.1) is 10.1 Å². The highest BCUT2D eigenvalue weighted by atomic mass is 35.5. The van der Waals surface area contributed by atoms with Crippen LogP contribution < -0.4 is 20.2 Å². The average molecular weight is 769 g/mol. The predicted octanol–water partition coefficient (Wildman–Crippen LogP) is 5.23. The molecule has 2 fully saturated rings. The fraction of sp³-hybridized carbons (Fsp3) is 0.371. The minimum Gasteiger partial charge on any atom is -0.491 e. The topological polar surface area (TPSA) is 168 Å². The Balaban J connectivity index is 0.00000114. The molecule has 53 heavy (non-hydrogen) atoms. The lowest BCUT2D eigenvalue weighted by Gasteiger charge is -2.37. The van der Waals surface area contributed by atoms with Crippen molar-refractivity contribution in [3.8, 4) is 11.4 Å². The number of nitrogens with zero attached hydrogens (tertiary/aromatic N) is 9. The van der Waals surface area contributed by atoms with Crippen LogP contribution in [0.15, 0.2) is 90.5 Å². The molecular formula is C35H39Cl2N9O7. The third-order valence-corrected chi connectivity index (χ3v) is 9.70. The van der Waals surface area contributed by atoms with E-state index in [-0.39, 0.29) is 24.4 Å². The molecular weight excluding hydrogens is 729 g/mol. The molecule has 0 bridgehead atoms. The Morgan fingerprint density at radius 2 is 1.60 bits per heavy atom. The van der Waals surface area contributed by atoms with E-state index in [2.05, 4.69) is 49.2 Å². The molecule has 280 valence electrons. The highest BCUT2D eigenvalue weighted by molar-refractivity contribution is 6.35. The lowest BCUT2D eigenvalue weighted by Crippen LogP contribution is -2.46. The molecule has 2 aliphatic heterocycles. The second-order valence-corrected chi connectivity index (χ2v) is 13.4. The zero-order valence-corrected chi connectivity index (χ0v) is 30.6. The Morgan fingerprint density at radius 3 is 2.19 bits per heavy atom. The van der Waals surface area contributed by atoms with Gasteiger partial charge in [-0.05, 0) is 74.0 Å². The molecule has 0 spiro atoms. The van der Waals surface area contributed by atoms with Crippen LogP contribution in [0.1, 0.15) is 31.9 Å². The molecule has 1 N–H and O–H groups in total. The number of rotatable bonds is 11. The smallest absolute Gasteiger partial charge is 0.350 e. The number of benzene rings is 3. The first-order valence-electron chi connectivity index (χ1n) is 17.0. The molecule has 0 amide bonds. The van der Waals surface area contributed by atoms with Crippen LogP contribution in [0.4, 0.5) is 11.4 Å². The molecule has 2 aromatic heterocycles. The van der Waals surface area contributed by atoms with Gasteiger partial charge >= 0.3 is 5.69 Å². The van der Waals surface area contributed by atoms with Crippen molar-refractivity contribution in [1.29, 1.82) is 0 Å². The molecule has 18 heteroatoms. The molecule has 2 saturated heterocycles. The minimum absolute atomic E-state index is 0.0645. The van der Waals surface area contributed by atoms with Crippen LogP contribution in [0, 0.1) is 10.1 Å². The number of halogens is 2. The quantitative estimate of drug-likeness (QED) is 0.138. The maximum Gasteiger partial charge on any atom is 0.350 e. The minimum atomic E-state index is -1.50. The molecule has 16 nitrogen and oxygen atoms in total. The maximum atomic E-state index is 12.8. The normalized spacial score (nSPS) is 19.1. The van der Waals surface area contributed by atoms with Gasteiger partial charge in [-0.2, -0.15) is 10.2 Å². The summed E-state index contributed by atoms with van der Waals surface area (Å²) in [5, 5.41) is 23.1. The van der Waals surface area contributed by atoms with Crippen LogP contribution in [0.5, 0.6) is 5.75 Å². The van der Waals surface area contributed by atoms with E-state index in [1.54, 1.807) is 34.0 Å². The number of ether oxygens (including phenoxy) is 3. The van der Waals surface area contributed by atoms with Gasteiger partial charge in [0, 0.05) is 48.1 Å². The van der Waals surface area contributed by atoms with E-state index >= 15 is 0 Å². The largest absolute Gasteiger partial charge is 0.491 e. The van der Waals surface area contributed by atoms with E-state index in [0.29, 0.717) is 28.8 Å². The van der Waals surface area contributed by atoms with Crippen molar-refractivity contribution in [2.45, 2.75) is 44.7 Å². The monoisotopic (exact) mass is 767 g/mol. The number of piperazine rings is 1. The highest BCUT2D eigenvalue weighted by Crippen LogP contribution is 2.40. The first-order valence-corrected chi connectivity index (χ1v) is 17.7. The molecule has 3 atom stereocenters. The Morgan fingerprint density at radius 1 is 0.981 bits per heavy atom. The van der Waals surface area contributed by atoms with Crippen molar-refractivity contribution in [2.24, 2.45) is 0 Å². The second-order valence-electron chi connectivity index (χ2n) is 12.5. The predicted molar refractivity (Wildman–Crippen MR) is 197 cm³/mol. The van der Waals surface area contributed by atoms with Crippen molar-refractivity contribution in [2.75, 3.05) is 49.2 Å². The summed E-state index contributed by atoms with van der Waals surface area (Å²) in [5.74, 6) is -0.410. The molecule has 0 aliphatic carbocycles. The van der Waals surface area contributed by atoms with Crippen LogP contribution >= 0.6 is 23.2 Å². The van der Waals surface area contributed by atoms with E-state index in [1.165, 1.54) is 11.0 Å². The third-order valence-electron chi connectivity index (χ3n) is 9.15. The number of hydrogen-bond donors (Lipinski definition) is 1. The molecule has 7 rings (SSSR count). The third kappa shape index (κ3) is 8.90. The molecule has 2 aliphatic rings. The molecule has 4 heterocycles. The number of aromatic nitrogens is 6. The van der Waals surface area contributed by atoms with Gasteiger partial charge in [0.15, 0.2) is 0 Å². The van der Waals surface area contributed by atoms with Gasteiger partial charge in [0.1, 0.15) is 44.0 Å². The van der Waals surface area contributed by atoms with Gasteiger partial charge in [0.05, 0.1) is 23.4 Å². The Labute approximate surface area is 314 Å². The van der Waals surface area contributed by atoms with E-state index in [0.717, 1.165) is 55.4 Å². The van der Waals surface area contributed by atoms with Crippen LogP contribution in [0.25, 0.3) is 5.69 Å². The van der Waals surface area contributed by atoms with Gasteiger partial charge < -0.3 is 29.2 Å². The Hall–Kier alpha value is -5.16. The van der Waals surface area contributed by atoms with E-state index in [9.17, 15) is 4.79 Å². The zero-order valence-electron chi connectivity index (χ0n) is 29.1. The maximum absolute atomic E-state index is 12.8. The molecule has 5 aromatic rings. The fourth-order valence-electron chi connectivity index (χ4n) is 6.24. The van der Waals surface area contributed by atoms with Gasteiger partial charge in [0.25, 0.3) is 5.09 Å². The SMILES string of the molecule is CCC(C)n1ncn(-c2ccc(N3CCN(c4ccc(OC[C@H]5CO[C@](Cn6cncn6)(c6ccc(Cl)cc6Cl)O5)cc4)CC3)cc2)c1=O.O=[N+]([O-])O. The first kappa shape index (κ1) is 37.6. The second kappa shape index (κ2) is 16.7. The summed E-state index contributed by atoms with van der Waals surface area (Å²) in [6, 6.07) is 21.6. The van der Waals surface area contributed by atoms with Crippen LogP contribution in [0.3, 0.4) is 0 Å². The lowest BCUT2D eigenvalue weighted by atomic mass is 10.1. The lowest BCUT2D eigenvalue weighted by molar-refractivity contribution is -0.742. The van der Waals surface area contributed by atoms with E-state index < -0.39 is 10.9 Å². The van der Waals surface area contributed by atoms with Gasteiger partial charge in [0.2, 0.25) is 5.79 Å². The average Bonchev–Trinajstić information content (AvgIpc) is 3.92. The van der Waals surface area contributed by atoms with Crippen molar-refractivity contribution in [1.82, 2.24) is 29.1 Å². The molecule has 1 unspecified atom stereocenters. The van der Waals surface area contributed by atoms with Gasteiger partial charge in [-0.3, -0.25) is 0 Å². The van der Waals surface area contributed by atoms with Crippen molar-refractivity contribution >= 4 is 34.6 Å². The van der Waals surface area contributed by atoms with Gasteiger partial charge in [-0.25, -0.2) is 23.7 Å². The van der Waals surface area contributed by atoms with Gasteiger partial charge in [-0.1, -0.05) is 36.2 Å².